The highest BCUT2D eigenvalue weighted by atomic mass is 32.1. The molecule has 2 aromatic heterocycles. The first-order valence-corrected chi connectivity index (χ1v) is 24.0. The molecule has 1 saturated heterocycles. The molecule has 3 unspecified atom stereocenters. The number of rotatable bonds is 14. The van der Waals surface area contributed by atoms with Crippen LogP contribution in [0, 0.1) is 11.6 Å². The summed E-state index contributed by atoms with van der Waals surface area (Å²) >= 11 is 4.89. The number of hydrogen-bond donors (Lipinski definition) is 4. The van der Waals surface area contributed by atoms with Crippen LogP contribution in [-0.4, -0.2) is 109 Å². The van der Waals surface area contributed by atoms with Gasteiger partial charge < -0.3 is 20.5 Å². The second-order valence-corrected chi connectivity index (χ2v) is 18.9. The third-order valence-electron chi connectivity index (χ3n) is 13.7. The Balaban J connectivity index is 0.817. The van der Waals surface area contributed by atoms with Crippen LogP contribution in [0.1, 0.15) is 117 Å². The number of allylic oxidation sites excluding steroid dienone is 2. The van der Waals surface area contributed by atoms with Gasteiger partial charge in [-0.1, -0.05) is 25.5 Å². The molecule has 3 atom stereocenters. The molecule has 0 bridgehead atoms. The van der Waals surface area contributed by atoms with Crippen molar-refractivity contribution in [1.82, 2.24) is 45.1 Å². The first-order chi connectivity index (χ1) is 32.2. The second-order valence-electron chi connectivity index (χ2n) is 18.3. The third kappa shape index (κ3) is 9.62. The van der Waals surface area contributed by atoms with Crippen LogP contribution in [0.2, 0.25) is 0 Å². The normalized spacial score (nSPS) is 21.4. The lowest BCUT2D eigenvalue weighted by Gasteiger charge is -2.33. The minimum atomic E-state index is -0.612. The maximum absolute atomic E-state index is 15.6. The molecular formula is C49H56F2N12O2S. The Morgan fingerprint density at radius 2 is 1.70 bits per heavy atom. The van der Waals surface area contributed by atoms with E-state index in [1.165, 1.54) is 37.8 Å². The maximum Gasteiger partial charge on any atom is 0.259 e. The van der Waals surface area contributed by atoms with Gasteiger partial charge in [0.1, 0.15) is 29.4 Å². The molecule has 1 saturated carbocycles. The number of hydrogen-bond acceptors (Lipinski definition) is 12. The second kappa shape index (κ2) is 19.3. The van der Waals surface area contributed by atoms with Gasteiger partial charge in [-0.05, 0) is 128 Å². The molecule has 0 spiro atoms. The van der Waals surface area contributed by atoms with E-state index in [1.807, 2.05) is 22.8 Å². The van der Waals surface area contributed by atoms with Crippen molar-refractivity contribution < 1.29 is 18.4 Å². The van der Waals surface area contributed by atoms with E-state index in [-0.39, 0.29) is 28.2 Å². The number of halogens is 2. The number of carbonyl (C=O) groups is 2. The highest BCUT2D eigenvalue weighted by Gasteiger charge is 2.34. The van der Waals surface area contributed by atoms with Crippen LogP contribution < -0.4 is 16.0 Å². The lowest BCUT2D eigenvalue weighted by Crippen LogP contribution is -2.44. The van der Waals surface area contributed by atoms with Crippen LogP contribution in [0.15, 0.2) is 64.8 Å². The molecule has 2 amide bonds. The van der Waals surface area contributed by atoms with Gasteiger partial charge in [0, 0.05) is 63.9 Å². The zero-order valence-electron chi connectivity index (χ0n) is 37.2. The number of amides is 2. The smallest absolute Gasteiger partial charge is 0.259 e. The lowest BCUT2D eigenvalue weighted by molar-refractivity contribution is 0.0936. The Labute approximate surface area is 389 Å². The Hall–Kier alpha value is -5.62. The highest BCUT2D eigenvalue weighted by molar-refractivity contribution is 7.80. The van der Waals surface area contributed by atoms with Crippen molar-refractivity contribution in [3.05, 3.63) is 123 Å². The molecule has 344 valence electrons. The van der Waals surface area contributed by atoms with Crippen LogP contribution >= 0.6 is 12.6 Å². The maximum atomic E-state index is 15.6. The van der Waals surface area contributed by atoms with Gasteiger partial charge in [-0.25, -0.2) is 13.8 Å². The molecule has 66 heavy (non-hydrogen) atoms. The summed E-state index contributed by atoms with van der Waals surface area (Å²) in [5.74, 6) is -0.605. The molecule has 10 rings (SSSR count). The lowest BCUT2D eigenvalue weighted by atomic mass is 9.96. The van der Waals surface area contributed by atoms with Crippen LogP contribution in [0.25, 0.3) is 5.70 Å². The van der Waals surface area contributed by atoms with Crippen molar-refractivity contribution >= 4 is 48.4 Å². The Morgan fingerprint density at radius 1 is 0.939 bits per heavy atom. The number of thiol groups is 1. The molecule has 3 N–H and O–H groups in total. The molecule has 6 aliphatic rings. The summed E-state index contributed by atoms with van der Waals surface area (Å²) in [5.41, 5.74) is 5.90. The zero-order valence-corrected chi connectivity index (χ0v) is 38.1. The van der Waals surface area contributed by atoms with E-state index in [2.05, 4.69) is 58.0 Å². The number of likely N-dealkylation sites (tertiary alicyclic amines) is 1. The van der Waals surface area contributed by atoms with Crippen LogP contribution in [0.3, 0.4) is 0 Å². The van der Waals surface area contributed by atoms with E-state index < -0.39 is 29.6 Å². The summed E-state index contributed by atoms with van der Waals surface area (Å²) < 4.78 is 32.9. The highest BCUT2D eigenvalue weighted by Crippen LogP contribution is 2.35. The standard InChI is InChI=1S/C49H56F2N12O2S/c1-2-3-15-52-53-25-42-36(11-12-44(55-42)57-49(65)37-20-32-26-60(18-13-30(32)22-39(37)50)29-46(66)61-16-4-5-17-61)34-24-45-58-59-47(63(45)28-34)41-7-6-8-43(54-41)56-48(64)38-21-33-27-62(35-9-10-35)19-14-31(33)23-40(38)51/h6-8,11-12,15,20-23,25,34-35,43,46,54,66H,2-5,9-10,13-14,16-19,24,26-29H2,1H3,(H,56,64)(H,55,57,65)/b52-15+,53-25+. The number of nitrogens with one attached hydrogen (secondary N) is 3. The summed E-state index contributed by atoms with van der Waals surface area (Å²) in [5, 5.41) is 26.8. The number of fused-ring (bicyclic) bond motifs is 3. The van der Waals surface area contributed by atoms with E-state index in [0.29, 0.717) is 49.2 Å². The van der Waals surface area contributed by atoms with E-state index in [1.54, 1.807) is 36.7 Å². The monoisotopic (exact) mass is 914 g/mol. The molecule has 17 heteroatoms. The minimum Gasteiger partial charge on any atom is -0.359 e. The summed E-state index contributed by atoms with van der Waals surface area (Å²) in [6, 6.07) is 10.7. The van der Waals surface area contributed by atoms with Crippen molar-refractivity contribution in [2.75, 3.05) is 38.0 Å². The van der Waals surface area contributed by atoms with Crippen molar-refractivity contribution in [2.45, 2.75) is 108 Å². The predicted octanol–water partition coefficient (Wildman–Crippen LogP) is 6.24. The van der Waals surface area contributed by atoms with E-state index in [0.717, 1.165) is 92.2 Å². The fourth-order valence-electron chi connectivity index (χ4n) is 9.95. The zero-order chi connectivity index (χ0) is 45.3. The molecule has 5 aliphatic heterocycles. The number of nitrogens with zero attached hydrogens (tertiary/aromatic N) is 9. The van der Waals surface area contributed by atoms with Crippen LogP contribution in [0.4, 0.5) is 14.6 Å². The quantitative estimate of drug-likeness (QED) is 0.0657. The summed E-state index contributed by atoms with van der Waals surface area (Å²) in [6.45, 7) is 8.61. The first kappa shape index (κ1) is 44.2. The molecule has 1 aliphatic carbocycles. The number of anilines is 1. The Bertz CT molecular complexity index is 2640. The van der Waals surface area contributed by atoms with Gasteiger partial charge in [0.15, 0.2) is 5.82 Å². The average Bonchev–Trinajstić information content (AvgIpc) is 3.63. The van der Waals surface area contributed by atoms with Crippen LogP contribution in [0.5, 0.6) is 0 Å². The fraction of sp³-hybridized carbons (Fsp3) is 0.449. The number of benzene rings is 2. The number of dihydropyridines is 1. The molecule has 2 aromatic carbocycles. The molecule has 14 nitrogen and oxygen atoms in total. The fourth-order valence-corrected chi connectivity index (χ4v) is 10.4. The van der Waals surface area contributed by atoms with Crippen molar-refractivity contribution in [1.29, 1.82) is 0 Å². The van der Waals surface area contributed by atoms with E-state index >= 15 is 8.78 Å². The SMILES string of the molecule is CCC/C=N/N=C/c1nc(NC(=O)c2cc3c(cc2F)CCN(CC(S)N2CCCC2)C3)ccc1C1Cc2nnc(C3=CC=CC(NC(=O)c4cc5c(cc4F)CCN(C4CC4)C5)N3)n2C1. The Kier molecular flexibility index (Phi) is 12.9. The topological polar surface area (TPSA) is 148 Å². The number of pyridine rings is 1. The van der Waals surface area contributed by atoms with Crippen molar-refractivity contribution in [2.24, 2.45) is 10.2 Å². The largest absolute Gasteiger partial charge is 0.359 e. The van der Waals surface area contributed by atoms with Gasteiger partial charge in [-0.2, -0.15) is 22.8 Å². The van der Waals surface area contributed by atoms with Gasteiger partial charge in [0.25, 0.3) is 11.8 Å². The average molecular weight is 915 g/mol. The first-order valence-electron chi connectivity index (χ1n) is 23.4. The Morgan fingerprint density at radius 3 is 2.47 bits per heavy atom. The third-order valence-corrected chi connectivity index (χ3v) is 14.2. The minimum absolute atomic E-state index is 0.0303. The van der Waals surface area contributed by atoms with Gasteiger partial charge in [-0.3, -0.25) is 24.3 Å². The summed E-state index contributed by atoms with van der Waals surface area (Å²) in [7, 11) is 0. The van der Waals surface area contributed by atoms with Crippen LogP contribution in [-0.2, 0) is 38.9 Å². The molecule has 7 heterocycles. The molecular weight excluding hydrogens is 859 g/mol. The number of carbonyl (C=O) groups excluding carboxylic acids is 2. The summed E-state index contributed by atoms with van der Waals surface area (Å²) in [4.78, 5) is 39.2. The molecule has 0 radical (unpaired) electrons. The van der Waals surface area contributed by atoms with Crippen molar-refractivity contribution in [3.63, 3.8) is 0 Å². The molecule has 2 fully saturated rings. The number of unbranched alkanes of at least 4 members (excludes halogenated alkanes) is 1. The van der Waals surface area contributed by atoms with Crippen molar-refractivity contribution in [3.8, 4) is 0 Å². The predicted molar refractivity (Wildman–Crippen MR) is 254 cm³/mol. The van der Waals surface area contributed by atoms with Gasteiger partial charge in [0.05, 0.1) is 34.1 Å². The number of aromatic nitrogens is 4. The van der Waals surface area contributed by atoms with Gasteiger partial charge in [-0.15, -0.1) is 10.2 Å². The summed E-state index contributed by atoms with van der Waals surface area (Å²) in [6.07, 6.45) is 16.8. The molecule has 4 aromatic rings. The van der Waals surface area contributed by atoms with Gasteiger partial charge >= 0.3 is 0 Å². The van der Waals surface area contributed by atoms with Gasteiger partial charge in [0.2, 0.25) is 0 Å². The van der Waals surface area contributed by atoms with E-state index in [9.17, 15) is 9.59 Å². The van der Waals surface area contributed by atoms with E-state index in [4.69, 9.17) is 17.6 Å².